The number of amides is 1. The molecule has 0 spiro atoms. The van der Waals surface area contributed by atoms with Crippen LogP contribution in [0.25, 0.3) is 11.3 Å². The largest absolute Gasteiger partial charge is 0.481 e. The van der Waals surface area contributed by atoms with E-state index in [-0.39, 0.29) is 11.6 Å². The Morgan fingerprint density at radius 1 is 1.15 bits per heavy atom. The quantitative estimate of drug-likeness (QED) is 0.871. The number of carboxylic acid groups (broad SMARTS) is 1. The van der Waals surface area contributed by atoms with Crippen LogP contribution in [-0.2, 0) is 4.79 Å². The third-order valence-electron chi connectivity index (χ3n) is 4.75. The van der Waals surface area contributed by atoms with Gasteiger partial charge in [-0.25, -0.2) is 4.98 Å². The number of piperidine rings is 1. The van der Waals surface area contributed by atoms with E-state index in [0.29, 0.717) is 17.9 Å². The van der Waals surface area contributed by atoms with Gasteiger partial charge in [0, 0.05) is 24.3 Å². The molecule has 1 aliphatic rings. The number of aliphatic carboxylic acids is 1. The van der Waals surface area contributed by atoms with Crippen LogP contribution in [0.3, 0.4) is 0 Å². The van der Waals surface area contributed by atoms with Crippen LogP contribution in [0, 0.1) is 19.8 Å². The number of anilines is 1. The first kappa shape index (κ1) is 17.8. The van der Waals surface area contributed by atoms with E-state index >= 15 is 0 Å². The van der Waals surface area contributed by atoms with E-state index in [4.69, 9.17) is 5.73 Å². The molecule has 136 valence electrons. The van der Waals surface area contributed by atoms with Gasteiger partial charge in [0.2, 0.25) is 0 Å². The van der Waals surface area contributed by atoms with Crippen LogP contribution in [0.5, 0.6) is 0 Å². The number of nitrogens with two attached hydrogens (primary N) is 1. The van der Waals surface area contributed by atoms with E-state index < -0.39 is 11.9 Å². The number of aryl methyl sites for hydroxylation is 2. The second kappa shape index (κ2) is 7.11. The maximum Gasteiger partial charge on any atom is 0.308 e. The molecule has 2 heterocycles. The lowest BCUT2D eigenvalue weighted by molar-refractivity contribution is -0.141. The van der Waals surface area contributed by atoms with Gasteiger partial charge in [-0.3, -0.25) is 14.6 Å². The number of hydrogen-bond acceptors (Lipinski definition) is 5. The van der Waals surface area contributed by atoms with Crippen LogP contribution < -0.4 is 10.6 Å². The van der Waals surface area contributed by atoms with Crippen molar-refractivity contribution in [1.82, 2.24) is 9.97 Å². The number of rotatable bonds is 4. The summed E-state index contributed by atoms with van der Waals surface area (Å²) in [6.07, 6.45) is 1.58. The lowest BCUT2D eigenvalue weighted by Gasteiger charge is -2.32. The van der Waals surface area contributed by atoms with Crippen molar-refractivity contribution in [2.75, 3.05) is 18.0 Å². The Morgan fingerprint density at radius 2 is 1.85 bits per heavy atom. The van der Waals surface area contributed by atoms with Gasteiger partial charge in [-0.2, -0.15) is 0 Å². The van der Waals surface area contributed by atoms with Crippen LogP contribution >= 0.6 is 0 Å². The third-order valence-corrected chi connectivity index (χ3v) is 4.75. The van der Waals surface area contributed by atoms with E-state index in [1.807, 2.05) is 31.2 Å². The maximum atomic E-state index is 11.5. The Morgan fingerprint density at radius 3 is 2.46 bits per heavy atom. The number of carboxylic acids is 1. The molecule has 7 nitrogen and oxygen atoms in total. The standard InChI is InChI=1S/C19H22N4O3/c1-11-16(22-17(18(20)24)12(2)21-11)13-5-7-15(8-6-13)23-9-3-4-14(10-23)19(25)26/h5-8,14H,3-4,9-10H2,1-2H3,(H2,20,24)(H,25,26)/t14-/m1/s1. The Labute approximate surface area is 151 Å². The average molecular weight is 354 g/mol. The Bertz CT molecular complexity index is 849. The summed E-state index contributed by atoms with van der Waals surface area (Å²) in [6, 6.07) is 7.72. The molecule has 0 unspecified atom stereocenters. The number of benzene rings is 1. The molecule has 1 fully saturated rings. The van der Waals surface area contributed by atoms with Crippen molar-refractivity contribution in [3.05, 3.63) is 41.3 Å². The molecule has 1 saturated heterocycles. The predicted molar refractivity (Wildman–Crippen MR) is 98.0 cm³/mol. The highest BCUT2D eigenvalue weighted by Gasteiger charge is 2.25. The molecule has 3 N–H and O–H groups in total. The average Bonchev–Trinajstić information content (AvgIpc) is 2.62. The molecule has 1 amide bonds. The lowest BCUT2D eigenvalue weighted by atomic mass is 9.97. The first-order valence-corrected chi connectivity index (χ1v) is 8.60. The third kappa shape index (κ3) is 3.51. The van der Waals surface area contributed by atoms with Crippen LogP contribution in [0.1, 0.15) is 34.7 Å². The summed E-state index contributed by atoms with van der Waals surface area (Å²) in [7, 11) is 0. The van der Waals surface area contributed by atoms with Gasteiger partial charge in [-0.05, 0) is 38.8 Å². The van der Waals surface area contributed by atoms with Gasteiger partial charge in [0.1, 0.15) is 5.69 Å². The summed E-state index contributed by atoms with van der Waals surface area (Å²) >= 11 is 0. The SMILES string of the molecule is Cc1nc(C)c(-c2ccc(N3CCC[C@@H](C(=O)O)C3)cc2)nc1C(N)=O. The second-order valence-electron chi connectivity index (χ2n) is 6.63. The minimum Gasteiger partial charge on any atom is -0.481 e. The molecular weight excluding hydrogens is 332 g/mol. The highest BCUT2D eigenvalue weighted by Crippen LogP contribution is 2.27. The van der Waals surface area contributed by atoms with Crippen LogP contribution in [0.15, 0.2) is 24.3 Å². The van der Waals surface area contributed by atoms with E-state index in [0.717, 1.165) is 36.3 Å². The number of carbonyl (C=O) groups excluding carboxylic acids is 1. The van der Waals surface area contributed by atoms with Gasteiger partial charge >= 0.3 is 5.97 Å². The topological polar surface area (TPSA) is 109 Å². The lowest BCUT2D eigenvalue weighted by Crippen LogP contribution is -2.38. The van der Waals surface area contributed by atoms with Crippen molar-refractivity contribution in [3.63, 3.8) is 0 Å². The molecule has 0 saturated carbocycles. The monoisotopic (exact) mass is 354 g/mol. The maximum absolute atomic E-state index is 11.5. The number of carbonyl (C=O) groups is 2. The number of primary amides is 1. The van der Waals surface area contributed by atoms with Gasteiger partial charge in [0.15, 0.2) is 0 Å². The van der Waals surface area contributed by atoms with Crippen molar-refractivity contribution in [3.8, 4) is 11.3 Å². The minimum atomic E-state index is -0.740. The Balaban J connectivity index is 1.87. The number of aromatic nitrogens is 2. The zero-order valence-electron chi connectivity index (χ0n) is 14.9. The van der Waals surface area contributed by atoms with Gasteiger partial charge in [-0.15, -0.1) is 0 Å². The predicted octanol–water partition coefficient (Wildman–Crippen LogP) is 2.16. The van der Waals surface area contributed by atoms with E-state index in [2.05, 4.69) is 14.9 Å². The zero-order valence-corrected chi connectivity index (χ0v) is 14.9. The highest BCUT2D eigenvalue weighted by molar-refractivity contribution is 5.92. The van der Waals surface area contributed by atoms with Gasteiger partial charge in [0.05, 0.1) is 23.0 Å². The fraction of sp³-hybridized carbons (Fsp3) is 0.368. The fourth-order valence-electron chi connectivity index (χ4n) is 3.38. The number of hydrogen-bond donors (Lipinski definition) is 2. The molecule has 0 radical (unpaired) electrons. The summed E-state index contributed by atoms with van der Waals surface area (Å²) < 4.78 is 0. The van der Waals surface area contributed by atoms with Crippen molar-refractivity contribution in [2.24, 2.45) is 11.7 Å². The van der Waals surface area contributed by atoms with Crippen molar-refractivity contribution < 1.29 is 14.7 Å². The highest BCUT2D eigenvalue weighted by atomic mass is 16.4. The molecule has 2 aromatic rings. The molecule has 7 heteroatoms. The molecule has 1 aliphatic heterocycles. The Hall–Kier alpha value is -2.96. The van der Waals surface area contributed by atoms with E-state index in [1.165, 1.54) is 0 Å². The van der Waals surface area contributed by atoms with Crippen molar-refractivity contribution in [2.45, 2.75) is 26.7 Å². The summed E-state index contributed by atoms with van der Waals surface area (Å²) in [5.74, 6) is -1.66. The Kier molecular flexibility index (Phi) is 4.88. The molecule has 1 atom stereocenters. The van der Waals surface area contributed by atoms with Crippen molar-refractivity contribution >= 4 is 17.6 Å². The van der Waals surface area contributed by atoms with Gasteiger partial charge < -0.3 is 15.7 Å². The molecule has 26 heavy (non-hydrogen) atoms. The molecule has 0 aliphatic carbocycles. The molecule has 0 bridgehead atoms. The molecule has 1 aromatic heterocycles. The van der Waals surface area contributed by atoms with Crippen LogP contribution in [-0.4, -0.2) is 40.0 Å². The molecule has 3 rings (SSSR count). The smallest absolute Gasteiger partial charge is 0.308 e. The van der Waals surface area contributed by atoms with Gasteiger partial charge in [-0.1, -0.05) is 12.1 Å². The summed E-state index contributed by atoms with van der Waals surface area (Å²) in [5.41, 5.74) is 9.24. The first-order valence-electron chi connectivity index (χ1n) is 8.60. The van der Waals surface area contributed by atoms with E-state index in [9.17, 15) is 14.7 Å². The number of nitrogens with zero attached hydrogens (tertiary/aromatic N) is 3. The minimum absolute atomic E-state index is 0.176. The summed E-state index contributed by atoms with van der Waals surface area (Å²) in [4.78, 5) is 33.6. The summed E-state index contributed by atoms with van der Waals surface area (Å²) in [6.45, 7) is 4.92. The van der Waals surface area contributed by atoms with Crippen LogP contribution in [0.2, 0.25) is 0 Å². The first-order chi connectivity index (χ1) is 12.4. The van der Waals surface area contributed by atoms with E-state index in [1.54, 1.807) is 6.92 Å². The zero-order chi connectivity index (χ0) is 18.8. The van der Waals surface area contributed by atoms with Crippen molar-refractivity contribution in [1.29, 1.82) is 0 Å². The van der Waals surface area contributed by atoms with Crippen LogP contribution in [0.4, 0.5) is 5.69 Å². The molecule has 1 aromatic carbocycles. The normalized spacial score (nSPS) is 17.2. The summed E-state index contributed by atoms with van der Waals surface area (Å²) in [5, 5.41) is 9.24. The van der Waals surface area contributed by atoms with Gasteiger partial charge in [0.25, 0.3) is 5.91 Å². The second-order valence-corrected chi connectivity index (χ2v) is 6.63. The fourth-order valence-corrected chi connectivity index (χ4v) is 3.38. The molecular formula is C19H22N4O3.